The molecule has 0 aromatic heterocycles. The number of carbonyl (C=O) groups is 2. The third-order valence-electron chi connectivity index (χ3n) is 5.56. The number of hydrogen-bond acceptors (Lipinski definition) is 8. The van der Waals surface area contributed by atoms with Gasteiger partial charge in [0.1, 0.15) is 5.56 Å². The van der Waals surface area contributed by atoms with Gasteiger partial charge in [-0.1, -0.05) is 0 Å². The number of likely N-dealkylation sites (N-methyl/N-ethyl adjacent to an activating group) is 1. The minimum Gasteiger partial charge on any atom is -0.504 e. The molecule has 3 heterocycles. The van der Waals surface area contributed by atoms with E-state index in [-0.39, 0.29) is 29.4 Å². The van der Waals surface area contributed by atoms with Crippen molar-refractivity contribution in [2.45, 2.75) is 12.1 Å². The van der Waals surface area contributed by atoms with Gasteiger partial charge >= 0.3 is 5.97 Å². The van der Waals surface area contributed by atoms with Crippen LogP contribution in [0.5, 0.6) is 23.0 Å². The number of aromatic hydroxyl groups is 1. The van der Waals surface area contributed by atoms with Crippen LogP contribution in [0.4, 0.5) is 0 Å². The first-order valence-corrected chi connectivity index (χ1v) is 8.79. The van der Waals surface area contributed by atoms with Crippen LogP contribution in [-0.2, 0) is 16.9 Å². The molecule has 0 radical (unpaired) electrons. The highest BCUT2D eigenvalue weighted by atomic mass is 16.7. The predicted octanol–water partition coefficient (Wildman–Crippen LogP) is 1.82. The standard InChI is InChI=1S/C20H17NO7/c1-21-6-5-10-7-15(25-2)13(22)8-12(10)20(21)18(23)11-3-4-14-17(27-9-26-14)16(11)19(24)28-20/h3-4,7-8,22H,5-6,9H2,1-2H3. The van der Waals surface area contributed by atoms with Gasteiger partial charge in [-0.2, -0.15) is 0 Å². The highest BCUT2D eigenvalue weighted by Crippen LogP contribution is 2.49. The Kier molecular flexibility index (Phi) is 3.39. The number of phenols is 1. The molecule has 8 nitrogen and oxygen atoms in total. The molecule has 0 saturated carbocycles. The number of fused-ring (bicyclic) bond motifs is 5. The minimum atomic E-state index is -1.66. The van der Waals surface area contributed by atoms with Crippen LogP contribution >= 0.6 is 0 Å². The molecule has 0 amide bonds. The second-order valence-electron chi connectivity index (χ2n) is 6.94. The van der Waals surface area contributed by atoms with Crippen LogP contribution in [0.3, 0.4) is 0 Å². The van der Waals surface area contributed by atoms with Crippen LogP contribution in [0.2, 0.25) is 0 Å². The van der Waals surface area contributed by atoms with E-state index in [1.807, 2.05) is 0 Å². The summed E-state index contributed by atoms with van der Waals surface area (Å²) in [6.45, 7) is 0.467. The lowest BCUT2D eigenvalue weighted by Crippen LogP contribution is -2.58. The zero-order valence-corrected chi connectivity index (χ0v) is 15.3. The average Bonchev–Trinajstić information content (AvgIpc) is 3.17. The summed E-state index contributed by atoms with van der Waals surface area (Å²) >= 11 is 0. The van der Waals surface area contributed by atoms with Crippen molar-refractivity contribution < 1.29 is 33.6 Å². The molecule has 0 fully saturated rings. The third-order valence-corrected chi connectivity index (χ3v) is 5.56. The van der Waals surface area contributed by atoms with E-state index in [0.717, 1.165) is 5.56 Å². The lowest BCUT2D eigenvalue weighted by Gasteiger charge is -2.46. The summed E-state index contributed by atoms with van der Waals surface area (Å²) in [6.07, 6.45) is 0.614. The number of ketones is 1. The molecule has 3 aliphatic rings. The molecule has 1 N–H and O–H groups in total. The van der Waals surface area contributed by atoms with Crippen LogP contribution in [0.25, 0.3) is 0 Å². The zero-order valence-electron chi connectivity index (χ0n) is 15.3. The summed E-state index contributed by atoms with van der Waals surface area (Å²) in [7, 11) is 3.17. The van der Waals surface area contributed by atoms with Gasteiger partial charge in [0, 0.05) is 17.7 Å². The summed E-state index contributed by atoms with van der Waals surface area (Å²) in [4.78, 5) is 28.3. The molecule has 1 spiro atoms. The fraction of sp³-hybridized carbons (Fsp3) is 0.300. The average molecular weight is 383 g/mol. The maximum atomic E-state index is 13.6. The van der Waals surface area contributed by atoms with Crippen molar-refractivity contribution >= 4 is 11.8 Å². The van der Waals surface area contributed by atoms with E-state index in [2.05, 4.69) is 0 Å². The van der Waals surface area contributed by atoms with Gasteiger partial charge in [-0.25, -0.2) is 4.79 Å². The molecule has 1 unspecified atom stereocenters. The van der Waals surface area contributed by atoms with Crippen LogP contribution in [0.1, 0.15) is 31.8 Å². The molecule has 0 saturated heterocycles. The lowest BCUT2D eigenvalue weighted by molar-refractivity contribution is -0.0954. The Labute approximate surface area is 160 Å². The summed E-state index contributed by atoms with van der Waals surface area (Å²) in [6, 6.07) is 6.28. The molecule has 144 valence electrons. The predicted molar refractivity (Wildman–Crippen MR) is 95.0 cm³/mol. The normalized spacial score (nSPS) is 22.6. The number of nitrogens with zero attached hydrogens (tertiary/aromatic N) is 1. The Morgan fingerprint density at radius 3 is 2.82 bits per heavy atom. The van der Waals surface area contributed by atoms with E-state index in [9.17, 15) is 14.7 Å². The van der Waals surface area contributed by atoms with E-state index in [1.54, 1.807) is 30.1 Å². The topological polar surface area (TPSA) is 94.5 Å². The van der Waals surface area contributed by atoms with Crippen molar-refractivity contribution in [1.29, 1.82) is 0 Å². The van der Waals surface area contributed by atoms with Crippen molar-refractivity contribution in [3.63, 3.8) is 0 Å². The number of ether oxygens (including phenoxy) is 4. The number of phenolic OH excluding ortho intramolecular Hbond substituents is 1. The molecule has 2 aromatic rings. The van der Waals surface area contributed by atoms with Gasteiger partial charge in [-0.3, -0.25) is 9.69 Å². The number of hydrogen-bond donors (Lipinski definition) is 1. The first-order valence-electron chi connectivity index (χ1n) is 8.79. The highest BCUT2D eigenvalue weighted by Gasteiger charge is 2.56. The van der Waals surface area contributed by atoms with Gasteiger partial charge in [-0.05, 0) is 43.3 Å². The Bertz CT molecular complexity index is 1050. The first-order chi connectivity index (χ1) is 13.5. The largest absolute Gasteiger partial charge is 0.504 e. The first kappa shape index (κ1) is 16.9. The molecule has 2 aromatic carbocycles. The van der Waals surface area contributed by atoms with Crippen molar-refractivity contribution in [2.75, 3.05) is 27.5 Å². The summed E-state index contributed by atoms with van der Waals surface area (Å²) in [5.41, 5.74) is -0.173. The maximum absolute atomic E-state index is 13.6. The van der Waals surface area contributed by atoms with Crippen LogP contribution in [0.15, 0.2) is 24.3 Å². The quantitative estimate of drug-likeness (QED) is 0.746. The third kappa shape index (κ3) is 1.98. The van der Waals surface area contributed by atoms with Crippen LogP contribution in [0, 0.1) is 0 Å². The van der Waals surface area contributed by atoms with Crippen molar-refractivity contribution in [1.82, 2.24) is 4.90 Å². The maximum Gasteiger partial charge on any atom is 0.345 e. The molecule has 3 aliphatic heterocycles. The van der Waals surface area contributed by atoms with Gasteiger partial charge in [0.25, 0.3) is 5.72 Å². The van der Waals surface area contributed by atoms with E-state index >= 15 is 0 Å². The molecule has 0 aliphatic carbocycles. The van der Waals surface area contributed by atoms with Crippen LogP contribution < -0.4 is 14.2 Å². The highest BCUT2D eigenvalue weighted by molar-refractivity contribution is 6.16. The number of methoxy groups -OCH3 is 1. The fourth-order valence-electron chi connectivity index (χ4n) is 4.15. The van der Waals surface area contributed by atoms with Gasteiger partial charge in [0.15, 0.2) is 23.0 Å². The second kappa shape index (κ2) is 5.62. The molecule has 28 heavy (non-hydrogen) atoms. The Morgan fingerprint density at radius 1 is 1.21 bits per heavy atom. The Hall–Kier alpha value is -3.26. The Morgan fingerprint density at radius 2 is 2.04 bits per heavy atom. The molecule has 0 bridgehead atoms. The van der Waals surface area contributed by atoms with E-state index in [0.29, 0.717) is 30.0 Å². The fourth-order valence-corrected chi connectivity index (χ4v) is 4.15. The SMILES string of the molecule is COc1cc2c(cc1O)C1(OC(=O)c3c(ccc4c3OCO4)C1=O)N(C)CC2. The number of benzene rings is 2. The molecule has 8 heteroatoms. The lowest BCUT2D eigenvalue weighted by atomic mass is 9.81. The number of rotatable bonds is 1. The van der Waals surface area contributed by atoms with E-state index in [4.69, 9.17) is 18.9 Å². The minimum absolute atomic E-state index is 0.0190. The summed E-state index contributed by atoms with van der Waals surface area (Å²) in [5, 5.41) is 10.3. The number of esters is 1. The van der Waals surface area contributed by atoms with E-state index in [1.165, 1.54) is 13.2 Å². The van der Waals surface area contributed by atoms with Gasteiger partial charge in [-0.15, -0.1) is 0 Å². The van der Waals surface area contributed by atoms with Gasteiger partial charge in [0.05, 0.1) is 7.11 Å². The van der Waals surface area contributed by atoms with Gasteiger partial charge < -0.3 is 24.1 Å². The second-order valence-corrected chi connectivity index (χ2v) is 6.94. The molecular weight excluding hydrogens is 366 g/mol. The molecular formula is C20H17NO7. The summed E-state index contributed by atoms with van der Waals surface area (Å²) < 4.78 is 21.7. The van der Waals surface area contributed by atoms with E-state index < -0.39 is 17.5 Å². The summed E-state index contributed by atoms with van der Waals surface area (Å²) in [5.74, 6) is -0.269. The van der Waals surface area contributed by atoms with Crippen molar-refractivity contribution in [3.05, 3.63) is 46.5 Å². The smallest absolute Gasteiger partial charge is 0.345 e. The monoisotopic (exact) mass is 383 g/mol. The van der Waals surface area contributed by atoms with Crippen LogP contribution in [-0.4, -0.2) is 49.3 Å². The molecule has 5 rings (SSSR count). The van der Waals surface area contributed by atoms with Crippen molar-refractivity contribution in [3.8, 4) is 23.0 Å². The van der Waals surface area contributed by atoms with Gasteiger partial charge in [0.2, 0.25) is 12.6 Å². The number of Topliss-reactive ketones (excluding diaryl/α,β-unsaturated/α-hetero) is 1. The number of carbonyl (C=O) groups excluding carboxylic acids is 2. The van der Waals surface area contributed by atoms with Crippen molar-refractivity contribution in [2.24, 2.45) is 0 Å². The Balaban J connectivity index is 1.75. The molecule has 1 atom stereocenters. The zero-order chi connectivity index (χ0) is 19.6.